The lowest BCUT2D eigenvalue weighted by Gasteiger charge is -2.44. The smallest absolute Gasteiger partial charge is 0.391 e. The highest BCUT2D eigenvalue weighted by atomic mass is 32.3. The summed E-state index contributed by atoms with van der Waals surface area (Å²) in [6, 6.07) is 2.70. The molecule has 242 valence electrons. The van der Waals surface area contributed by atoms with Gasteiger partial charge in [0.25, 0.3) is 0 Å². The molecule has 42 heavy (non-hydrogen) atoms. The molecule has 1 fully saturated rings. The Bertz CT molecular complexity index is 1180. The van der Waals surface area contributed by atoms with E-state index < -0.39 is 73.9 Å². The van der Waals surface area contributed by atoms with Crippen LogP contribution >= 0.6 is 10.3 Å². The highest BCUT2D eigenvalue weighted by Crippen LogP contribution is 2.53. The fraction of sp³-hybridized carbons (Fsp3) is 0.714. The number of methoxy groups -OCH3 is 1. The van der Waals surface area contributed by atoms with Gasteiger partial charge in [-0.25, -0.2) is 8.42 Å². The Morgan fingerprint density at radius 2 is 1.69 bits per heavy atom. The van der Waals surface area contributed by atoms with Crippen molar-refractivity contribution in [1.29, 1.82) is 0 Å². The van der Waals surface area contributed by atoms with Crippen LogP contribution in [0.15, 0.2) is 24.3 Å². The molecule has 0 aromatic heterocycles. The molecule has 2 rings (SSSR count). The summed E-state index contributed by atoms with van der Waals surface area (Å²) in [4.78, 5) is 28.0. The molecule has 1 aromatic carbocycles. The van der Waals surface area contributed by atoms with Gasteiger partial charge >= 0.3 is 6.18 Å². The first-order valence-electron chi connectivity index (χ1n) is 13.7. The van der Waals surface area contributed by atoms with Crippen molar-refractivity contribution >= 4 is 32.0 Å². The lowest BCUT2D eigenvalue weighted by molar-refractivity contribution is -0.148. The summed E-state index contributed by atoms with van der Waals surface area (Å²) >= 11 is 0. The van der Waals surface area contributed by atoms with Gasteiger partial charge in [0.05, 0.1) is 31.1 Å². The molecule has 0 aliphatic carbocycles. The number of carbonyl (C=O) groups excluding carboxylic acids is 2. The van der Waals surface area contributed by atoms with Crippen LogP contribution in [0.1, 0.15) is 53.0 Å². The van der Waals surface area contributed by atoms with Gasteiger partial charge in [0.1, 0.15) is 17.8 Å². The third-order valence-corrected chi connectivity index (χ3v) is 13.6. The molecule has 14 heteroatoms. The summed E-state index contributed by atoms with van der Waals surface area (Å²) in [5.74, 6) is -1.90. The van der Waals surface area contributed by atoms with E-state index in [0.29, 0.717) is 11.3 Å². The number of ether oxygens (including phenoxy) is 1. The Morgan fingerprint density at radius 3 is 2.17 bits per heavy atom. The van der Waals surface area contributed by atoms with Gasteiger partial charge in [-0.1, -0.05) is 46.8 Å². The number of carbonyl (C=O) groups is 2. The van der Waals surface area contributed by atoms with E-state index in [2.05, 4.69) is 5.32 Å². The van der Waals surface area contributed by atoms with E-state index in [4.69, 9.17) is 14.7 Å². The number of halogens is 3. The van der Waals surface area contributed by atoms with Crippen LogP contribution in [-0.2, 0) is 29.4 Å². The highest BCUT2D eigenvalue weighted by Gasteiger charge is 2.47. The monoisotopic (exact) mass is 641 g/mol. The molecule has 0 bridgehead atoms. The standard InChI is InChI=1S/C28H46F3N3O6S2/c1-18(2)23(14-28(29,30)31)33-25(35)24-13-21(42(37,38)17-19-9-11-20(39-6)12-10-19)15-34(24)26(36)22(32)16-40-41(7,8)27(3,4)5/h9-12,18,21-24H,13-17,32H2,1-8H3,(H,33,35)/t21-,22+,23?,24?/m1/s1. The number of sulfone groups is 1. The topological polar surface area (TPSA) is 128 Å². The number of benzene rings is 1. The maximum absolute atomic E-state index is 13.5. The van der Waals surface area contributed by atoms with Gasteiger partial charge in [-0.15, -0.1) is 10.3 Å². The molecule has 9 nitrogen and oxygen atoms in total. The fourth-order valence-electron chi connectivity index (χ4n) is 4.31. The maximum atomic E-state index is 13.5. The van der Waals surface area contributed by atoms with Gasteiger partial charge in [0.2, 0.25) is 11.8 Å². The van der Waals surface area contributed by atoms with E-state index in [1.807, 2.05) is 33.3 Å². The van der Waals surface area contributed by atoms with Crippen molar-refractivity contribution in [2.24, 2.45) is 11.7 Å². The average molecular weight is 642 g/mol. The lowest BCUT2D eigenvalue weighted by Crippen LogP contribution is -2.54. The molecule has 4 atom stereocenters. The van der Waals surface area contributed by atoms with Gasteiger partial charge < -0.3 is 24.9 Å². The SMILES string of the molecule is COc1ccc(CS(=O)(=O)[C@@H]2CC(C(=O)NC(CC(F)(F)F)C(C)C)N(C(=O)[C@@H](N)COS(C)(C)C(C)(C)C)C2)cc1. The van der Waals surface area contributed by atoms with Gasteiger partial charge in [-0.2, -0.15) is 13.2 Å². The first-order chi connectivity index (χ1) is 19.1. The molecule has 1 aliphatic rings. The van der Waals surface area contributed by atoms with Crippen molar-refractivity contribution in [3.05, 3.63) is 29.8 Å². The van der Waals surface area contributed by atoms with Crippen LogP contribution in [0.25, 0.3) is 0 Å². The van der Waals surface area contributed by atoms with Crippen LogP contribution in [0.2, 0.25) is 0 Å². The minimum Gasteiger partial charge on any atom is -0.497 e. The van der Waals surface area contributed by atoms with Crippen molar-refractivity contribution in [2.75, 3.05) is 32.8 Å². The predicted molar refractivity (Wildman–Crippen MR) is 160 cm³/mol. The zero-order chi connectivity index (χ0) is 32.3. The average Bonchev–Trinajstić information content (AvgIpc) is 3.32. The first kappa shape index (κ1) is 36.2. The van der Waals surface area contributed by atoms with Crippen LogP contribution in [0.4, 0.5) is 13.2 Å². The van der Waals surface area contributed by atoms with Crippen LogP contribution in [0, 0.1) is 5.92 Å². The number of nitrogens with zero attached hydrogens (tertiary/aromatic N) is 1. The minimum atomic E-state index is -4.53. The molecule has 2 amide bonds. The van der Waals surface area contributed by atoms with Crippen LogP contribution in [0.3, 0.4) is 0 Å². The number of hydrogen-bond acceptors (Lipinski definition) is 7. The highest BCUT2D eigenvalue weighted by molar-refractivity contribution is 8.29. The van der Waals surface area contributed by atoms with E-state index in [1.54, 1.807) is 38.1 Å². The molecule has 0 saturated carbocycles. The van der Waals surface area contributed by atoms with Crippen molar-refractivity contribution in [2.45, 2.75) is 87.5 Å². The molecule has 0 spiro atoms. The maximum Gasteiger partial charge on any atom is 0.391 e. The molecule has 1 aliphatic heterocycles. The quantitative estimate of drug-likeness (QED) is 0.356. The van der Waals surface area contributed by atoms with Crippen LogP contribution < -0.4 is 15.8 Å². The van der Waals surface area contributed by atoms with Crippen molar-refractivity contribution in [3.63, 3.8) is 0 Å². The largest absolute Gasteiger partial charge is 0.497 e. The summed E-state index contributed by atoms with van der Waals surface area (Å²) in [6.07, 6.45) is -2.18. The number of rotatable bonds is 12. The lowest BCUT2D eigenvalue weighted by atomic mass is 10.00. The number of amides is 2. The normalized spacial score (nSPS) is 20.4. The summed E-state index contributed by atoms with van der Waals surface area (Å²) in [5.41, 5.74) is 6.69. The first-order valence-corrected chi connectivity index (χ1v) is 17.8. The van der Waals surface area contributed by atoms with E-state index in [0.717, 1.165) is 4.90 Å². The third kappa shape index (κ3) is 9.75. The molecule has 0 radical (unpaired) electrons. The molecule has 1 aromatic rings. The number of likely N-dealkylation sites (tertiary alicyclic amines) is 1. The van der Waals surface area contributed by atoms with Gasteiger partial charge in [0, 0.05) is 17.3 Å². The molecule has 1 saturated heterocycles. The molecular formula is C28H46F3N3O6S2. The summed E-state index contributed by atoms with van der Waals surface area (Å²) in [6.45, 7) is 8.62. The van der Waals surface area contributed by atoms with Gasteiger partial charge in [0.15, 0.2) is 9.84 Å². The second-order valence-electron chi connectivity index (χ2n) is 12.4. The summed E-state index contributed by atoms with van der Waals surface area (Å²) in [7, 11) is -4.03. The third-order valence-electron chi connectivity index (χ3n) is 7.80. The van der Waals surface area contributed by atoms with E-state index in [-0.39, 0.29) is 30.1 Å². The van der Waals surface area contributed by atoms with Crippen LogP contribution in [0.5, 0.6) is 5.75 Å². The molecule has 3 N–H and O–H groups in total. The zero-order valence-electron chi connectivity index (χ0n) is 25.7. The Hall–Kier alpha value is -2.03. The molecular weight excluding hydrogens is 595 g/mol. The second kappa shape index (κ2) is 13.7. The number of hydrogen-bond donors (Lipinski definition) is 2. The zero-order valence-corrected chi connectivity index (χ0v) is 27.3. The summed E-state index contributed by atoms with van der Waals surface area (Å²) in [5, 5.41) is 1.30. The Kier molecular flexibility index (Phi) is 11.8. The summed E-state index contributed by atoms with van der Waals surface area (Å²) < 4.78 is 77.5. The van der Waals surface area contributed by atoms with Crippen LogP contribution in [-0.4, -0.2) is 92.2 Å². The predicted octanol–water partition coefficient (Wildman–Crippen LogP) is 3.79. The van der Waals surface area contributed by atoms with Crippen molar-refractivity contribution in [3.8, 4) is 5.75 Å². The number of alkyl halides is 3. The molecule has 1 heterocycles. The van der Waals surface area contributed by atoms with Crippen molar-refractivity contribution in [1.82, 2.24) is 10.2 Å². The van der Waals surface area contributed by atoms with Crippen molar-refractivity contribution < 1.29 is 40.1 Å². The minimum absolute atomic E-state index is 0.158. The molecule has 2 unspecified atom stereocenters. The van der Waals surface area contributed by atoms with E-state index in [9.17, 15) is 31.2 Å². The van der Waals surface area contributed by atoms with E-state index in [1.165, 1.54) is 7.11 Å². The van der Waals surface area contributed by atoms with Gasteiger partial charge in [-0.3, -0.25) is 9.59 Å². The fourth-order valence-corrected chi connectivity index (χ4v) is 6.90. The Morgan fingerprint density at radius 1 is 1.12 bits per heavy atom. The Balaban J connectivity index is 2.33. The number of nitrogens with one attached hydrogen (secondary N) is 1. The van der Waals surface area contributed by atoms with Gasteiger partial charge in [-0.05, 0) is 42.5 Å². The number of nitrogens with two attached hydrogens (primary N) is 1. The second-order valence-corrected chi connectivity index (χ2v) is 18.6. The Labute approximate surface area is 249 Å². The van der Waals surface area contributed by atoms with E-state index >= 15 is 0 Å².